The van der Waals surface area contributed by atoms with Crippen molar-refractivity contribution in [1.82, 2.24) is 10.3 Å². The Kier molecular flexibility index (Phi) is 4.08. The molecule has 0 amide bonds. The van der Waals surface area contributed by atoms with Crippen LogP contribution < -0.4 is 5.32 Å². The highest BCUT2D eigenvalue weighted by atomic mass is 79.9. The number of thiazole rings is 1. The van der Waals surface area contributed by atoms with Gasteiger partial charge >= 0.3 is 0 Å². The van der Waals surface area contributed by atoms with Crippen molar-refractivity contribution in [3.8, 4) is 0 Å². The molecule has 0 aromatic carbocycles. The minimum Gasteiger partial charge on any atom is -0.301 e. The van der Waals surface area contributed by atoms with Crippen LogP contribution >= 0.6 is 38.6 Å². The second-order valence-corrected chi connectivity index (χ2v) is 8.67. The van der Waals surface area contributed by atoms with Crippen LogP contribution in [0.4, 0.5) is 0 Å². The van der Waals surface area contributed by atoms with E-state index < -0.39 is 0 Å². The molecule has 0 radical (unpaired) electrons. The van der Waals surface area contributed by atoms with E-state index in [4.69, 9.17) is 4.98 Å². The largest absolute Gasteiger partial charge is 0.301 e. The van der Waals surface area contributed by atoms with Crippen LogP contribution in [0.2, 0.25) is 0 Å². The predicted molar refractivity (Wildman–Crippen MR) is 86.2 cm³/mol. The summed E-state index contributed by atoms with van der Waals surface area (Å²) in [4.78, 5) is 6.17. The van der Waals surface area contributed by atoms with E-state index in [0.29, 0.717) is 12.0 Å². The van der Waals surface area contributed by atoms with Crippen LogP contribution in [0.5, 0.6) is 0 Å². The number of hydrogen-bond acceptors (Lipinski definition) is 4. The Morgan fingerprint density at radius 2 is 2.16 bits per heavy atom. The second kappa shape index (κ2) is 5.64. The highest BCUT2D eigenvalue weighted by Crippen LogP contribution is 2.36. The zero-order valence-electron chi connectivity index (χ0n) is 11.0. The average Bonchev–Trinajstić information content (AvgIpc) is 2.89. The van der Waals surface area contributed by atoms with E-state index in [0.717, 1.165) is 0 Å². The monoisotopic (exact) mass is 356 g/mol. The molecule has 1 unspecified atom stereocenters. The molecule has 1 atom stereocenters. The molecule has 0 spiro atoms. The van der Waals surface area contributed by atoms with Crippen molar-refractivity contribution in [2.24, 2.45) is 0 Å². The maximum absolute atomic E-state index is 4.82. The van der Waals surface area contributed by atoms with Gasteiger partial charge in [-0.2, -0.15) is 0 Å². The lowest BCUT2D eigenvalue weighted by atomic mass is 10.1. The molecule has 0 aliphatic heterocycles. The van der Waals surface area contributed by atoms with E-state index in [-0.39, 0.29) is 6.04 Å². The molecule has 1 aliphatic rings. The number of rotatable bonds is 5. The first kappa shape index (κ1) is 13.7. The Hall–Kier alpha value is -0.230. The van der Waals surface area contributed by atoms with Gasteiger partial charge in [0.15, 0.2) is 0 Å². The zero-order chi connectivity index (χ0) is 13.4. The van der Waals surface area contributed by atoms with Crippen LogP contribution in [0.3, 0.4) is 0 Å². The lowest BCUT2D eigenvalue weighted by Gasteiger charge is -2.14. The molecule has 2 aromatic heterocycles. The molecule has 1 aliphatic carbocycles. The van der Waals surface area contributed by atoms with Gasteiger partial charge in [-0.3, -0.25) is 0 Å². The van der Waals surface area contributed by atoms with Gasteiger partial charge in [-0.1, -0.05) is 13.8 Å². The van der Waals surface area contributed by atoms with Gasteiger partial charge in [0, 0.05) is 16.3 Å². The fraction of sp³-hybridized carbons (Fsp3) is 0.500. The summed E-state index contributed by atoms with van der Waals surface area (Å²) in [6.45, 7) is 4.40. The molecule has 102 valence electrons. The Bertz CT molecular complexity index is 557. The smallest absolute Gasteiger partial charge is 0.115 e. The lowest BCUT2D eigenvalue weighted by Crippen LogP contribution is -2.23. The first-order valence-corrected chi connectivity index (χ1v) is 9.09. The van der Waals surface area contributed by atoms with Gasteiger partial charge in [0.1, 0.15) is 5.01 Å². The Labute approximate surface area is 130 Å². The van der Waals surface area contributed by atoms with Gasteiger partial charge in [0.2, 0.25) is 0 Å². The van der Waals surface area contributed by atoms with Crippen LogP contribution in [0.15, 0.2) is 21.3 Å². The number of hydrogen-bond donors (Lipinski definition) is 1. The molecule has 0 saturated heterocycles. The van der Waals surface area contributed by atoms with Gasteiger partial charge in [-0.25, -0.2) is 4.98 Å². The second-order valence-electron chi connectivity index (χ2n) is 5.28. The van der Waals surface area contributed by atoms with Gasteiger partial charge in [0.25, 0.3) is 0 Å². The molecule has 2 nitrogen and oxygen atoms in total. The van der Waals surface area contributed by atoms with Crippen molar-refractivity contribution in [2.75, 3.05) is 0 Å². The van der Waals surface area contributed by atoms with Crippen LogP contribution in [0, 0.1) is 0 Å². The number of thiophene rings is 1. The minimum absolute atomic E-state index is 0.265. The van der Waals surface area contributed by atoms with E-state index >= 15 is 0 Å². The topological polar surface area (TPSA) is 24.9 Å². The van der Waals surface area contributed by atoms with Gasteiger partial charge < -0.3 is 5.32 Å². The molecule has 1 fully saturated rings. The van der Waals surface area contributed by atoms with Crippen molar-refractivity contribution < 1.29 is 0 Å². The Balaban J connectivity index is 1.88. The van der Waals surface area contributed by atoms with Gasteiger partial charge in [0.05, 0.1) is 15.5 Å². The number of halogens is 1. The highest BCUT2D eigenvalue weighted by Gasteiger charge is 2.28. The summed E-state index contributed by atoms with van der Waals surface area (Å²) >= 11 is 7.13. The van der Waals surface area contributed by atoms with E-state index in [2.05, 4.69) is 52.6 Å². The minimum atomic E-state index is 0.265. The molecular weight excluding hydrogens is 340 g/mol. The van der Waals surface area contributed by atoms with Crippen LogP contribution in [-0.4, -0.2) is 11.0 Å². The maximum Gasteiger partial charge on any atom is 0.115 e. The highest BCUT2D eigenvalue weighted by molar-refractivity contribution is 9.11. The summed E-state index contributed by atoms with van der Waals surface area (Å²) in [6, 6.07) is 5.27. The molecule has 1 N–H and O–H groups in total. The summed E-state index contributed by atoms with van der Waals surface area (Å²) in [5.74, 6) is 0.502. The molecule has 1 saturated carbocycles. The fourth-order valence-electron chi connectivity index (χ4n) is 1.94. The third kappa shape index (κ3) is 3.27. The van der Waals surface area contributed by atoms with Crippen molar-refractivity contribution in [2.45, 2.75) is 44.7 Å². The summed E-state index contributed by atoms with van der Waals surface area (Å²) in [6.07, 6.45) is 2.59. The molecule has 0 bridgehead atoms. The average molecular weight is 357 g/mol. The van der Waals surface area contributed by atoms with E-state index in [1.54, 1.807) is 22.7 Å². The summed E-state index contributed by atoms with van der Waals surface area (Å²) < 4.78 is 1.19. The summed E-state index contributed by atoms with van der Waals surface area (Å²) in [5, 5.41) is 7.12. The standard InChI is InChI=1S/C14H17BrN2S2/c1-8(2)10-7-18-14(17-10)13(16-9-3-4-9)11-5-6-12(15)19-11/h5-9,13,16H,3-4H2,1-2H3. The number of nitrogens with zero attached hydrogens (tertiary/aromatic N) is 1. The quantitative estimate of drug-likeness (QED) is 0.821. The maximum atomic E-state index is 4.82. The lowest BCUT2D eigenvalue weighted by molar-refractivity contribution is 0.603. The van der Waals surface area contributed by atoms with Gasteiger partial charge in [-0.15, -0.1) is 22.7 Å². The Morgan fingerprint density at radius 3 is 2.68 bits per heavy atom. The van der Waals surface area contributed by atoms with Crippen LogP contribution in [0.25, 0.3) is 0 Å². The summed E-state index contributed by atoms with van der Waals surface area (Å²) in [7, 11) is 0. The molecule has 2 heterocycles. The van der Waals surface area contributed by atoms with Crippen molar-refractivity contribution >= 4 is 38.6 Å². The van der Waals surface area contributed by atoms with Crippen LogP contribution in [0.1, 0.15) is 54.2 Å². The zero-order valence-corrected chi connectivity index (χ0v) is 14.2. The van der Waals surface area contributed by atoms with Crippen molar-refractivity contribution in [1.29, 1.82) is 0 Å². The first-order valence-electron chi connectivity index (χ1n) is 6.60. The predicted octanol–water partition coefficient (Wildman–Crippen LogP) is 4.93. The summed E-state index contributed by atoms with van der Waals surface area (Å²) in [5.41, 5.74) is 1.21. The SMILES string of the molecule is CC(C)c1csc(C(NC2CC2)c2ccc(Br)s2)n1. The fourth-order valence-corrected chi connectivity index (χ4v) is 4.56. The number of aromatic nitrogens is 1. The van der Waals surface area contributed by atoms with Crippen molar-refractivity contribution in [3.63, 3.8) is 0 Å². The first-order chi connectivity index (χ1) is 9.13. The third-order valence-electron chi connectivity index (χ3n) is 3.24. The normalized spacial score (nSPS) is 17.1. The molecule has 19 heavy (non-hydrogen) atoms. The molecule has 3 rings (SSSR count). The Morgan fingerprint density at radius 1 is 1.37 bits per heavy atom. The van der Waals surface area contributed by atoms with E-state index in [1.165, 1.54) is 32.2 Å². The third-order valence-corrected chi connectivity index (χ3v) is 5.85. The molecule has 2 aromatic rings. The van der Waals surface area contributed by atoms with Crippen LogP contribution in [-0.2, 0) is 0 Å². The van der Waals surface area contributed by atoms with Gasteiger partial charge in [-0.05, 0) is 46.8 Å². The molecule has 5 heteroatoms. The van der Waals surface area contributed by atoms with E-state index in [1.807, 2.05) is 0 Å². The van der Waals surface area contributed by atoms with Crippen molar-refractivity contribution in [3.05, 3.63) is 36.9 Å². The number of nitrogens with one attached hydrogen (secondary N) is 1. The van der Waals surface area contributed by atoms with E-state index in [9.17, 15) is 0 Å². The molecular formula is C14H17BrN2S2.